The quantitative estimate of drug-likeness (QED) is 0.0393. The second-order valence-corrected chi connectivity index (χ2v) is 34.3. The molecule has 8 N–H and O–H groups in total. The van der Waals surface area contributed by atoms with Gasteiger partial charge in [-0.15, -0.1) is 0 Å². The molecule has 30 heteroatoms. The van der Waals surface area contributed by atoms with Crippen molar-refractivity contribution in [3.63, 3.8) is 0 Å². The standard InChI is InChI=1S/C28H34N4O3.C26H33N5O4.C21H18N4O2.C20H24N6O2/c33-26(31-23-17-21-13-7-8-14-22(21)18-23)24-25(30-16-15-29-24)32(27(34)19-9-3-1-4-10-19)28(35)20-11-5-2-6-12-20;1-26(2,3)35-25(34)30-19-10-8-16(9-11-19)23(32)31-22-21(27-12-13-28-22)24(33)29-20-14-17-6-4-5-7-18(17)15-20;26-20(14-6-2-1-3-7-14)25-19-18(22-10-11-23-19)21(27)24-17-12-15-8-4-5-9-16(15)13-17;1-25-8-10-26(11-9-25)20(28)24-18-17(21-6-7-22-18)19(27)23-16-12-14-4-2-3-5-15(14)13-16/h7-8,13-16,19-20,23H,1-6,9-12,17-18H2,(H,31,33);4-7,12-13,16,19-20H,8-11,14-15H2,1-3H3,(H,29,33)(H,30,34)(H,28,31,32);1-11,17H,12-13H2,(H,24,27)(H,23,25,26);2-7,16H,8-13H2,1H3,(H,23,27)(H,22,24,28). The molecule has 8 aliphatic rings. The monoisotopic (exact) mass is 1690 g/mol. The van der Waals surface area contributed by atoms with E-state index in [0.29, 0.717) is 44.3 Å². The third-order valence-corrected chi connectivity index (χ3v) is 24.1. The van der Waals surface area contributed by atoms with Gasteiger partial charge in [0, 0.05) is 129 Å². The Morgan fingerprint density at radius 2 is 0.680 bits per heavy atom. The van der Waals surface area contributed by atoms with Crippen LogP contribution < -0.4 is 47.4 Å². The first-order valence-corrected chi connectivity index (χ1v) is 43.6. The third-order valence-electron chi connectivity index (χ3n) is 24.1. The Labute approximate surface area is 727 Å². The van der Waals surface area contributed by atoms with E-state index in [1.165, 1.54) is 99.0 Å². The van der Waals surface area contributed by atoms with Crippen molar-refractivity contribution >= 4 is 82.7 Å². The first-order valence-electron chi connectivity index (χ1n) is 43.6. The van der Waals surface area contributed by atoms with Gasteiger partial charge < -0.3 is 51.8 Å². The summed E-state index contributed by atoms with van der Waals surface area (Å²) in [6.45, 7) is 8.40. The fourth-order valence-corrected chi connectivity index (χ4v) is 17.6. The number of anilines is 4. The molecule has 0 bridgehead atoms. The van der Waals surface area contributed by atoms with E-state index in [1.807, 2.05) is 82.4 Å². The summed E-state index contributed by atoms with van der Waals surface area (Å²) in [6, 6.07) is 41.2. The van der Waals surface area contributed by atoms with Crippen molar-refractivity contribution in [3.05, 3.63) is 250 Å². The molecule has 1 aliphatic heterocycles. The number of fused-ring (bicyclic) bond motifs is 4. The number of hydrogen-bond donors (Lipinski definition) is 8. The molecule has 11 amide bonds. The molecule has 5 aromatic carbocycles. The van der Waals surface area contributed by atoms with Crippen LogP contribution >= 0.6 is 0 Å². The minimum absolute atomic E-state index is 0.00887. The van der Waals surface area contributed by atoms with Crippen LogP contribution in [0.3, 0.4) is 0 Å². The van der Waals surface area contributed by atoms with Gasteiger partial charge in [-0.1, -0.05) is 154 Å². The fraction of sp³-hybridized carbons (Fsp3) is 0.411. The molecule has 9 aromatic rings. The molecular formula is C95H109N19O11. The van der Waals surface area contributed by atoms with Crippen molar-refractivity contribution in [1.82, 2.24) is 76.3 Å². The number of alkyl carbamates (subject to hydrolysis) is 1. The highest BCUT2D eigenvalue weighted by atomic mass is 16.6. The number of carbonyl (C=O) groups excluding carboxylic acids is 10. The zero-order valence-corrected chi connectivity index (χ0v) is 71.2. The second kappa shape index (κ2) is 41.8. The highest BCUT2D eigenvalue weighted by Crippen LogP contribution is 2.35. The van der Waals surface area contributed by atoms with Gasteiger partial charge in [0.2, 0.25) is 17.7 Å². The molecular weight excluding hydrogens is 1580 g/mol. The zero-order chi connectivity index (χ0) is 87.4. The summed E-state index contributed by atoms with van der Waals surface area (Å²) < 4.78 is 5.31. The van der Waals surface area contributed by atoms with E-state index in [4.69, 9.17) is 4.74 Å². The van der Waals surface area contributed by atoms with Crippen LogP contribution in [0.1, 0.15) is 207 Å². The Kier molecular flexibility index (Phi) is 29.5. The summed E-state index contributed by atoms with van der Waals surface area (Å²) in [4.78, 5) is 168. The molecule has 5 heterocycles. The molecule has 30 nitrogen and oxygen atoms in total. The maximum absolute atomic E-state index is 13.8. The van der Waals surface area contributed by atoms with E-state index in [2.05, 4.69) is 136 Å². The molecule has 650 valence electrons. The predicted octanol–water partition coefficient (Wildman–Crippen LogP) is 11.6. The summed E-state index contributed by atoms with van der Waals surface area (Å²) in [7, 11) is 2.03. The van der Waals surface area contributed by atoms with E-state index in [9.17, 15) is 47.9 Å². The van der Waals surface area contributed by atoms with Crippen LogP contribution in [0.5, 0.6) is 0 Å². The first kappa shape index (κ1) is 88.2. The number of aromatic nitrogens is 8. The van der Waals surface area contributed by atoms with Gasteiger partial charge in [0.25, 0.3) is 29.5 Å². The van der Waals surface area contributed by atoms with Crippen molar-refractivity contribution < 1.29 is 52.7 Å². The van der Waals surface area contributed by atoms with Gasteiger partial charge in [-0.2, -0.15) is 0 Å². The number of imide groups is 1. The molecule has 125 heavy (non-hydrogen) atoms. The molecule has 3 saturated carbocycles. The number of urea groups is 1. The lowest BCUT2D eigenvalue weighted by molar-refractivity contribution is -0.132. The molecule has 0 radical (unpaired) electrons. The Morgan fingerprint density at radius 1 is 0.344 bits per heavy atom. The number of ether oxygens (including phenoxy) is 1. The van der Waals surface area contributed by atoms with Crippen LogP contribution in [0, 0.1) is 17.8 Å². The molecule has 1 saturated heterocycles. The van der Waals surface area contributed by atoms with Crippen LogP contribution in [0.15, 0.2) is 177 Å². The van der Waals surface area contributed by atoms with Crippen molar-refractivity contribution in [1.29, 1.82) is 0 Å². The largest absolute Gasteiger partial charge is 0.444 e. The Morgan fingerprint density at radius 3 is 1.06 bits per heavy atom. The van der Waals surface area contributed by atoms with Gasteiger partial charge in [-0.3, -0.25) is 43.7 Å². The number of nitrogens with zero attached hydrogens (tertiary/aromatic N) is 11. The second-order valence-electron chi connectivity index (χ2n) is 34.3. The molecule has 7 aliphatic carbocycles. The van der Waals surface area contributed by atoms with E-state index in [-0.39, 0.29) is 147 Å². The van der Waals surface area contributed by atoms with Crippen LogP contribution in [0.25, 0.3) is 0 Å². The lowest BCUT2D eigenvalue weighted by Crippen LogP contribution is -2.48. The number of carbonyl (C=O) groups is 10. The molecule has 0 atom stereocenters. The van der Waals surface area contributed by atoms with E-state index in [1.54, 1.807) is 29.2 Å². The van der Waals surface area contributed by atoms with Crippen LogP contribution in [-0.4, -0.2) is 178 Å². The van der Waals surface area contributed by atoms with Gasteiger partial charge in [0.1, 0.15) is 5.60 Å². The normalized spacial score (nSPS) is 17.6. The number of nitrogens with one attached hydrogen (secondary N) is 8. The number of amides is 11. The average molecular weight is 1690 g/mol. The number of rotatable bonds is 17. The number of likely N-dealkylation sites (N-methyl/N-ethyl adjacent to an activating group) is 1. The van der Waals surface area contributed by atoms with Crippen LogP contribution in [0.2, 0.25) is 0 Å². The lowest BCUT2D eigenvalue weighted by atomic mass is 9.85. The van der Waals surface area contributed by atoms with E-state index in [0.717, 1.165) is 129 Å². The van der Waals surface area contributed by atoms with Crippen molar-refractivity contribution in [2.75, 3.05) is 54.1 Å². The highest BCUT2D eigenvalue weighted by molar-refractivity contribution is 6.18. The van der Waals surface area contributed by atoms with Gasteiger partial charge in [-0.05, 0) is 187 Å². The molecule has 0 spiro atoms. The Bertz CT molecular complexity index is 5220. The molecule has 4 aromatic heterocycles. The zero-order valence-electron chi connectivity index (χ0n) is 71.2. The Balaban J connectivity index is 0.000000136. The van der Waals surface area contributed by atoms with Gasteiger partial charge in [0.15, 0.2) is 46.0 Å². The minimum atomic E-state index is -0.552. The molecule has 0 unspecified atom stereocenters. The SMILES string of the molecule is CC(C)(C)OC(=O)NC1CCC(C(=O)Nc2nccnc2C(=O)NC2Cc3ccccc3C2)CC1.CN1CCN(C(=O)Nc2nccnc2C(=O)NC2Cc3ccccc3C2)CC1.O=C(NC1Cc2ccccc2C1)c1nccnc1N(C(=O)C1CCCCC1)C(=O)C1CCCCC1.O=C(Nc1nccnc1C(=O)NC1Cc2ccccc2C1)c1ccccc1. The summed E-state index contributed by atoms with van der Waals surface area (Å²) in [5, 5.41) is 23.3. The van der Waals surface area contributed by atoms with Crippen LogP contribution in [0.4, 0.5) is 32.9 Å². The number of hydrogen-bond acceptors (Lipinski definition) is 20. The summed E-state index contributed by atoms with van der Waals surface area (Å²) in [5.74, 6) is -2.41. The first-order chi connectivity index (χ1) is 60.6. The van der Waals surface area contributed by atoms with Crippen molar-refractivity contribution in [2.45, 2.75) is 198 Å². The smallest absolute Gasteiger partial charge is 0.407 e. The average Bonchev–Trinajstić information content (AvgIpc) is 1.51. The van der Waals surface area contributed by atoms with Crippen molar-refractivity contribution in [2.24, 2.45) is 17.8 Å². The Hall–Kier alpha value is -13.1. The summed E-state index contributed by atoms with van der Waals surface area (Å²) in [6.07, 6.45) is 29.3. The maximum atomic E-state index is 13.8. The van der Waals surface area contributed by atoms with E-state index >= 15 is 0 Å². The maximum Gasteiger partial charge on any atom is 0.407 e. The third kappa shape index (κ3) is 23.6. The fourth-order valence-electron chi connectivity index (χ4n) is 17.6. The van der Waals surface area contributed by atoms with Gasteiger partial charge >= 0.3 is 12.1 Å². The van der Waals surface area contributed by atoms with E-state index < -0.39 is 11.7 Å². The molecule has 4 fully saturated rings. The number of benzene rings is 5. The molecule has 17 rings (SSSR count). The van der Waals surface area contributed by atoms with Gasteiger partial charge in [0.05, 0.1) is 0 Å². The van der Waals surface area contributed by atoms with Crippen molar-refractivity contribution in [3.8, 4) is 0 Å². The van der Waals surface area contributed by atoms with Crippen LogP contribution in [-0.2, 0) is 70.5 Å². The number of piperazine rings is 1. The topological polar surface area (TPSA) is 389 Å². The minimum Gasteiger partial charge on any atom is -0.444 e. The summed E-state index contributed by atoms with van der Waals surface area (Å²) in [5.41, 5.74) is 10.3. The predicted molar refractivity (Wildman–Crippen MR) is 470 cm³/mol. The van der Waals surface area contributed by atoms with Gasteiger partial charge in [-0.25, -0.2) is 54.4 Å². The highest BCUT2D eigenvalue weighted by Gasteiger charge is 2.40. The summed E-state index contributed by atoms with van der Waals surface area (Å²) >= 11 is 0. The lowest BCUT2D eigenvalue weighted by Gasteiger charge is -2.32.